The lowest BCUT2D eigenvalue weighted by molar-refractivity contribution is -0.222. The first-order chi connectivity index (χ1) is 10.4. The van der Waals surface area contributed by atoms with E-state index in [0.717, 1.165) is 0 Å². The molecule has 7 nitrogen and oxygen atoms in total. The second kappa shape index (κ2) is 6.23. The molecular formula is C14H16NO6P. The summed E-state index contributed by atoms with van der Waals surface area (Å²) in [7, 11) is 3.64. The van der Waals surface area contributed by atoms with E-state index < -0.39 is 17.7 Å². The second-order valence-electron chi connectivity index (χ2n) is 4.86. The Morgan fingerprint density at radius 2 is 1.82 bits per heavy atom. The summed E-state index contributed by atoms with van der Waals surface area (Å²) in [4.78, 5) is 23.6. The Bertz CT molecular complexity index is 618. The third-order valence-electron chi connectivity index (χ3n) is 2.79. The lowest BCUT2D eigenvalue weighted by Crippen LogP contribution is -2.42. The van der Waals surface area contributed by atoms with Crippen molar-refractivity contribution in [2.45, 2.75) is 19.6 Å². The van der Waals surface area contributed by atoms with E-state index in [2.05, 4.69) is 14.8 Å². The van der Waals surface area contributed by atoms with Crippen molar-refractivity contribution >= 4 is 27.1 Å². The van der Waals surface area contributed by atoms with Gasteiger partial charge in [0.1, 0.15) is 0 Å². The molecule has 0 bridgehead atoms. The summed E-state index contributed by atoms with van der Waals surface area (Å²) < 4.78 is 20.2. The molecule has 22 heavy (non-hydrogen) atoms. The summed E-state index contributed by atoms with van der Waals surface area (Å²) in [5.41, 5.74) is 0.375. The van der Waals surface area contributed by atoms with Gasteiger partial charge in [-0.05, 0) is 12.1 Å². The highest BCUT2D eigenvalue weighted by molar-refractivity contribution is 7.10. The molecule has 1 saturated heterocycles. The molecule has 1 aromatic rings. The van der Waals surface area contributed by atoms with Gasteiger partial charge in [-0.3, -0.25) is 0 Å². The molecule has 1 aliphatic rings. The van der Waals surface area contributed by atoms with Crippen LogP contribution in [0.3, 0.4) is 0 Å². The minimum absolute atomic E-state index is 0.219. The van der Waals surface area contributed by atoms with Crippen molar-refractivity contribution < 1.29 is 28.3 Å². The first kappa shape index (κ1) is 16.1. The molecule has 0 radical (unpaired) electrons. The maximum atomic E-state index is 11.8. The number of hydrogen-bond donors (Lipinski definition) is 1. The maximum absolute atomic E-state index is 11.8. The van der Waals surface area contributed by atoms with Crippen molar-refractivity contribution in [2.75, 3.05) is 12.4 Å². The van der Waals surface area contributed by atoms with Crippen molar-refractivity contribution in [3.63, 3.8) is 0 Å². The van der Waals surface area contributed by atoms with Crippen molar-refractivity contribution in [3.05, 3.63) is 30.0 Å². The van der Waals surface area contributed by atoms with Gasteiger partial charge in [0.2, 0.25) is 0 Å². The van der Waals surface area contributed by atoms with Crippen LogP contribution in [0.4, 0.5) is 5.69 Å². The molecule has 0 aliphatic carbocycles. The minimum Gasteiger partial charge on any atom is -0.493 e. The van der Waals surface area contributed by atoms with Crippen LogP contribution in [0.2, 0.25) is 0 Å². The van der Waals surface area contributed by atoms with E-state index in [0.29, 0.717) is 17.2 Å². The molecule has 0 amide bonds. The number of esters is 2. The number of rotatable bonds is 4. The van der Waals surface area contributed by atoms with Crippen molar-refractivity contribution in [2.24, 2.45) is 0 Å². The normalized spacial score (nSPS) is 16.5. The van der Waals surface area contributed by atoms with Crippen molar-refractivity contribution in [1.29, 1.82) is 0 Å². The standard InChI is InChI=1S/C14H16NO6P/c1-14(2)19-12(16)9(13(17)20-14)7-15-8-4-5-10(18-3)11(6-8)21-22/h4-7,15H,22H2,1-3H3. The molecule has 2 rings (SSSR count). The molecule has 1 heterocycles. The van der Waals surface area contributed by atoms with Gasteiger partial charge in [-0.1, -0.05) is 0 Å². The highest BCUT2D eigenvalue weighted by Crippen LogP contribution is 2.31. The quantitative estimate of drug-likeness (QED) is 0.392. The van der Waals surface area contributed by atoms with Crippen LogP contribution in [0.25, 0.3) is 0 Å². The molecule has 0 aromatic heterocycles. The zero-order chi connectivity index (χ0) is 16.3. The van der Waals surface area contributed by atoms with Crippen LogP contribution in [-0.4, -0.2) is 24.8 Å². The Labute approximate surface area is 129 Å². The Balaban J connectivity index is 2.18. The average molecular weight is 325 g/mol. The van der Waals surface area contributed by atoms with Gasteiger partial charge in [-0.2, -0.15) is 0 Å². The first-order valence-corrected chi connectivity index (χ1v) is 6.81. The number of carbonyl (C=O) groups excluding carboxylic acids is 2. The number of anilines is 1. The Morgan fingerprint density at radius 1 is 1.18 bits per heavy atom. The Kier molecular flexibility index (Phi) is 4.56. The van der Waals surface area contributed by atoms with E-state index in [1.807, 2.05) is 0 Å². The van der Waals surface area contributed by atoms with Gasteiger partial charge < -0.3 is 24.1 Å². The zero-order valence-electron chi connectivity index (χ0n) is 12.3. The summed E-state index contributed by atoms with van der Waals surface area (Å²) >= 11 is 0. The number of nitrogens with one attached hydrogen (secondary N) is 1. The molecule has 1 aromatic carbocycles. The molecule has 1 aliphatic heterocycles. The van der Waals surface area contributed by atoms with Crippen LogP contribution >= 0.6 is 9.47 Å². The largest absolute Gasteiger partial charge is 0.493 e. The summed E-state index contributed by atoms with van der Waals surface area (Å²) in [6.45, 7) is 2.97. The highest BCUT2D eigenvalue weighted by Gasteiger charge is 2.38. The predicted octanol–water partition coefficient (Wildman–Crippen LogP) is 2.00. The molecule has 1 atom stereocenters. The molecular weight excluding hydrogens is 309 g/mol. The van der Waals surface area contributed by atoms with Crippen molar-refractivity contribution in [1.82, 2.24) is 0 Å². The first-order valence-electron chi connectivity index (χ1n) is 6.34. The molecule has 8 heteroatoms. The van der Waals surface area contributed by atoms with Gasteiger partial charge in [0.15, 0.2) is 17.1 Å². The van der Waals surface area contributed by atoms with Gasteiger partial charge in [0.25, 0.3) is 5.79 Å². The maximum Gasteiger partial charge on any atom is 0.350 e. The number of carbonyl (C=O) groups is 2. The van der Waals surface area contributed by atoms with Gasteiger partial charge in [0, 0.05) is 31.8 Å². The number of ether oxygens (including phenoxy) is 3. The van der Waals surface area contributed by atoms with Gasteiger partial charge >= 0.3 is 11.9 Å². The summed E-state index contributed by atoms with van der Waals surface area (Å²) in [5.74, 6) is -1.72. The summed E-state index contributed by atoms with van der Waals surface area (Å²) in [6.07, 6.45) is 1.23. The van der Waals surface area contributed by atoms with E-state index in [1.54, 1.807) is 18.2 Å². The lowest BCUT2D eigenvalue weighted by Gasteiger charge is -2.29. The fraction of sp³-hybridized carbons (Fsp3) is 0.286. The van der Waals surface area contributed by atoms with Gasteiger partial charge in [-0.15, -0.1) is 0 Å². The Morgan fingerprint density at radius 3 is 2.36 bits per heavy atom. The Hall–Kier alpha value is -2.27. The van der Waals surface area contributed by atoms with E-state index in [1.165, 1.54) is 27.2 Å². The van der Waals surface area contributed by atoms with Crippen LogP contribution in [-0.2, 0) is 19.1 Å². The van der Waals surface area contributed by atoms with Crippen LogP contribution in [0.5, 0.6) is 11.5 Å². The smallest absolute Gasteiger partial charge is 0.350 e. The monoisotopic (exact) mass is 325 g/mol. The highest BCUT2D eigenvalue weighted by atomic mass is 31.0. The molecule has 1 fully saturated rings. The van der Waals surface area contributed by atoms with Crippen LogP contribution in [0, 0.1) is 0 Å². The number of methoxy groups -OCH3 is 1. The van der Waals surface area contributed by atoms with E-state index >= 15 is 0 Å². The summed E-state index contributed by atoms with van der Waals surface area (Å²) in [6, 6.07) is 5.03. The molecule has 118 valence electrons. The zero-order valence-corrected chi connectivity index (χ0v) is 13.5. The van der Waals surface area contributed by atoms with E-state index in [-0.39, 0.29) is 5.57 Å². The fourth-order valence-corrected chi connectivity index (χ4v) is 1.98. The van der Waals surface area contributed by atoms with Gasteiger partial charge in [0.05, 0.1) is 16.6 Å². The number of benzene rings is 1. The third kappa shape index (κ3) is 3.49. The SMILES string of the molecule is COc1ccc(NC=C2C(=O)OC(C)(C)OC2=O)cc1OP. The molecule has 1 N–H and O–H groups in total. The van der Waals surface area contributed by atoms with Crippen molar-refractivity contribution in [3.8, 4) is 11.5 Å². The van der Waals surface area contributed by atoms with Gasteiger partial charge in [-0.25, -0.2) is 9.59 Å². The average Bonchev–Trinajstić information content (AvgIpc) is 2.44. The fourth-order valence-electron chi connectivity index (χ4n) is 1.79. The molecule has 0 saturated carbocycles. The molecule has 0 spiro atoms. The number of hydrogen-bond acceptors (Lipinski definition) is 7. The number of cyclic esters (lactones) is 2. The second-order valence-corrected chi connectivity index (χ2v) is 5.10. The van der Waals surface area contributed by atoms with E-state index in [4.69, 9.17) is 18.7 Å². The topological polar surface area (TPSA) is 83.1 Å². The minimum atomic E-state index is -1.26. The van der Waals surface area contributed by atoms with E-state index in [9.17, 15) is 9.59 Å². The third-order valence-corrected chi connectivity index (χ3v) is 3.04. The molecule has 1 unspecified atom stereocenters. The lowest BCUT2D eigenvalue weighted by atomic mass is 10.2. The van der Waals surface area contributed by atoms with Crippen LogP contribution in [0.1, 0.15) is 13.8 Å². The van der Waals surface area contributed by atoms with Crippen LogP contribution in [0.15, 0.2) is 30.0 Å². The predicted molar refractivity (Wildman–Crippen MR) is 81.3 cm³/mol. The summed E-state index contributed by atoms with van der Waals surface area (Å²) in [5, 5.41) is 2.82. The van der Waals surface area contributed by atoms with Crippen LogP contribution < -0.4 is 14.6 Å².